The molecular weight excluding hydrogens is 387 g/mol. The van der Waals surface area contributed by atoms with Gasteiger partial charge in [0.2, 0.25) is 4.77 Å². The minimum atomic E-state index is 0.432. The number of rotatable bonds is 3. The van der Waals surface area contributed by atoms with E-state index >= 15 is 0 Å². The lowest BCUT2D eigenvalue weighted by Gasteiger charge is -1.99. The highest BCUT2D eigenvalue weighted by atomic mass is 127. The number of hydrogen-bond acceptors (Lipinski definition) is 4. The number of halogens is 1. The van der Waals surface area contributed by atoms with Crippen LogP contribution in [0, 0.1) is 8.54 Å². The SMILES string of the molecule is S=c1[nH]nc(-c2ccccc2)n1/N=C\c1ccc(I)o1. The van der Waals surface area contributed by atoms with E-state index in [9.17, 15) is 0 Å². The highest BCUT2D eigenvalue weighted by Crippen LogP contribution is 2.16. The molecule has 20 heavy (non-hydrogen) atoms. The number of benzene rings is 1. The number of aromatic amines is 1. The summed E-state index contributed by atoms with van der Waals surface area (Å²) in [6, 6.07) is 13.4. The van der Waals surface area contributed by atoms with Gasteiger partial charge in [-0.2, -0.15) is 14.9 Å². The first-order chi connectivity index (χ1) is 9.74. The lowest BCUT2D eigenvalue weighted by atomic mass is 10.2. The molecule has 0 amide bonds. The summed E-state index contributed by atoms with van der Waals surface area (Å²) in [5, 5.41) is 11.3. The van der Waals surface area contributed by atoms with E-state index in [4.69, 9.17) is 16.6 Å². The average Bonchev–Trinajstić information content (AvgIpc) is 3.04. The summed E-state index contributed by atoms with van der Waals surface area (Å²) in [4.78, 5) is 0. The molecule has 0 saturated carbocycles. The highest BCUT2D eigenvalue weighted by Gasteiger charge is 2.07. The van der Waals surface area contributed by atoms with Gasteiger partial charge < -0.3 is 4.42 Å². The molecule has 1 N–H and O–H groups in total. The van der Waals surface area contributed by atoms with Crippen LogP contribution in [0.3, 0.4) is 0 Å². The number of nitrogens with zero attached hydrogens (tertiary/aromatic N) is 3. The molecule has 5 nitrogen and oxygen atoms in total. The Balaban J connectivity index is 2.00. The van der Waals surface area contributed by atoms with E-state index in [1.165, 1.54) is 0 Å². The molecule has 0 radical (unpaired) electrons. The minimum Gasteiger partial charge on any atom is -0.449 e. The zero-order valence-electron chi connectivity index (χ0n) is 10.2. The van der Waals surface area contributed by atoms with E-state index in [2.05, 4.69) is 37.9 Å². The topological polar surface area (TPSA) is 59.1 Å². The van der Waals surface area contributed by atoms with Gasteiger partial charge in [0.25, 0.3) is 0 Å². The van der Waals surface area contributed by atoms with Crippen LogP contribution in [0.4, 0.5) is 0 Å². The molecule has 7 heteroatoms. The molecule has 0 unspecified atom stereocenters. The molecule has 0 saturated heterocycles. The van der Waals surface area contributed by atoms with Gasteiger partial charge in [0.05, 0.1) is 6.21 Å². The van der Waals surface area contributed by atoms with Crippen molar-refractivity contribution in [3.63, 3.8) is 0 Å². The molecule has 0 aliphatic rings. The standard InChI is InChI=1S/C13H9IN4OS/c14-11-7-6-10(19-11)8-15-18-12(16-17-13(18)20)9-4-2-1-3-5-9/h1-8H,(H,17,20)/b15-8-. The predicted molar refractivity (Wildman–Crippen MR) is 87.3 cm³/mol. The molecule has 2 heterocycles. The molecule has 2 aromatic heterocycles. The Bertz CT molecular complexity index is 803. The number of nitrogens with one attached hydrogen (secondary N) is 1. The number of H-pyrrole nitrogens is 1. The van der Waals surface area contributed by atoms with Gasteiger partial charge in [-0.05, 0) is 46.9 Å². The molecule has 1 aromatic carbocycles. The van der Waals surface area contributed by atoms with Crippen molar-refractivity contribution in [2.24, 2.45) is 5.10 Å². The van der Waals surface area contributed by atoms with Gasteiger partial charge in [0.15, 0.2) is 9.59 Å². The second kappa shape index (κ2) is 5.71. The zero-order chi connectivity index (χ0) is 13.9. The fourth-order valence-corrected chi connectivity index (χ4v) is 2.30. The third kappa shape index (κ3) is 2.73. The summed E-state index contributed by atoms with van der Waals surface area (Å²) in [5.74, 6) is 1.32. The average molecular weight is 396 g/mol. The first-order valence-electron chi connectivity index (χ1n) is 5.76. The van der Waals surface area contributed by atoms with Crippen LogP contribution in [-0.2, 0) is 0 Å². The van der Waals surface area contributed by atoms with Gasteiger partial charge in [0, 0.05) is 5.56 Å². The summed E-state index contributed by atoms with van der Waals surface area (Å²) in [7, 11) is 0. The zero-order valence-corrected chi connectivity index (χ0v) is 13.1. The van der Waals surface area contributed by atoms with E-state index in [1.807, 2.05) is 42.5 Å². The van der Waals surface area contributed by atoms with E-state index < -0.39 is 0 Å². The van der Waals surface area contributed by atoms with Gasteiger partial charge in [-0.25, -0.2) is 5.10 Å². The number of hydrogen-bond donors (Lipinski definition) is 1. The third-order valence-corrected chi connectivity index (χ3v) is 3.42. The van der Waals surface area contributed by atoms with Crippen LogP contribution < -0.4 is 0 Å². The van der Waals surface area contributed by atoms with Crippen molar-refractivity contribution in [2.75, 3.05) is 0 Å². The highest BCUT2D eigenvalue weighted by molar-refractivity contribution is 14.1. The maximum atomic E-state index is 5.43. The fraction of sp³-hybridized carbons (Fsp3) is 0. The summed E-state index contributed by atoms with van der Waals surface area (Å²) in [6.07, 6.45) is 1.61. The molecule has 0 spiro atoms. The Morgan fingerprint density at radius 3 is 2.75 bits per heavy atom. The lowest BCUT2D eigenvalue weighted by Crippen LogP contribution is -1.94. The molecule has 0 atom stereocenters. The van der Waals surface area contributed by atoms with Gasteiger partial charge in [-0.3, -0.25) is 0 Å². The quantitative estimate of drug-likeness (QED) is 0.418. The molecule has 0 fully saturated rings. The smallest absolute Gasteiger partial charge is 0.216 e. The Hall–Kier alpha value is -1.74. The van der Waals surface area contributed by atoms with Crippen LogP contribution in [0.2, 0.25) is 0 Å². The first kappa shape index (κ1) is 13.3. The van der Waals surface area contributed by atoms with E-state index in [1.54, 1.807) is 10.9 Å². The van der Waals surface area contributed by atoms with Gasteiger partial charge in [-0.1, -0.05) is 30.3 Å². The second-order valence-corrected chi connectivity index (χ2v) is 5.37. The Kier molecular flexibility index (Phi) is 3.79. The molecule has 3 rings (SSSR count). The molecule has 100 valence electrons. The van der Waals surface area contributed by atoms with Crippen LogP contribution >= 0.6 is 34.8 Å². The van der Waals surface area contributed by atoms with E-state index in [0.717, 1.165) is 9.33 Å². The van der Waals surface area contributed by atoms with Crippen molar-refractivity contribution in [1.82, 2.24) is 14.9 Å². The largest absolute Gasteiger partial charge is 0.449 e. The summed E-state index contributed by atoms with van der Waals surface area (Å²) < 4.78 is 8.24. The maximum absolute atomic E-state index is 5.43. The number of aromatic nitrogens is 3. The van der Waals surface area contributed by atoms with Crippen molar-refractivity contribution >= 4 is 41.0 Å². The Morgan fingerprint density at radius 1 is 1.25 bits per heavy atom. The Morgan fingerprint density at radius 2 is 2.05 bits per heavy atom. The van der Waals surface area contributed by atoms with Crippen molar-refractivity contribution in [2.45, 2.75) is 0 Å². The van der Waals surface area contributed by atoms with Crippen LogP contribution in [0.25, 0.3) is 11.4 Å². The summed E-state index contributed by atoms with van der Waals surface area (Å²) in [5.41, 5.74) is 0.936. The molecule has 3 aromatic rings. The number of furan rings is 1. The van der Waals surface area contributed by atoms with Crippen LogP contribution in [0.5, 0.6) is 0 Å². The lowest BCUT2D eigenvalue weighted by molar-refractivity contribution is 0.531. The fourth-order valence-electron chi connectivity index (χ4n) is 1.69. The van der Waals surface area contributed by atoms with Crippen molar-refractivity contribution in [1.29, 1.82) is 0 Å². The van der Waals surface area contributed by atoms with Gasteiger partial charge in [-0.15, -0.1) is 0 Å². The Labute approximate surface area is 133 Å². The van der Waals surface area contributed by atoms with E-state index in [0.29, 0.717) is 16.4 Å². The second-order valence-electron chi connectivity index (χ2n) is 3.92. The summed E-state index contributed by atoms with van der Waals surface area (Å²) >= 11 is 7.29. The molecule has 0 aliphatic heterocycles. The van der Waals surface area contributed by atoms with Crippen molar-refractivity contribution in [3.05, 3.63) is 56.8 Å². The third-order valence-electron chi connectivity index (χ3n) is 2.58. The van der Waals surface area contributed by atoms with Crippen molar-refractivity contribution in [3.8, 4) is 11.4 Å². The molecule has 0 aliphatic carbocycles. The summed E-state index contributed by atoms with van der Waals surface area (Å²) in [6.45, 7) is 0. The van der Waals surface area contributed by atoms with Crippen LogP contribution in [-0.4, -0.2) is 21.1 Å². The monoisotopic (exact) mass is 396 g/mol. The van der Waals surface area contributed by atoms with Gasteiger partial charge in [0.1, 0.15) is 5.76 Å². The van der Waals surface area contributed by atoms with Crippen molar-refractivity contribution < 1.29 is 4.42 Å². The molecule has 0 bridgehead atoms. The minimum absolute atomic E-state index is 0.432. The normalized spacial score (nSPS) is 11.2. The predicted octanol–water partition coefficient (Wildman–Crippen LogP) is 3.69. The van der Waals surface area contributed by atoms with Crippen LogP contribution in [0.15, 0.2) is 52.0 Å². The van der Waals surface area contributed by atoms with Gasteiger partial charge >= 0.3 is 0 Å². The maximum Gasteiger partial charge on any atom is 0.216 e. The van der Waals surface area contributed by atoms with Crippen LogP contribution in [0.1, 0.15) is 5.76 Å². The first-order valence-corrected chi connectivity index (χ1v) is 7.25. The van der Waals surface area contributed by atoms with E-state index in [-0.39, 0.29) is 0 Å². The molecular formula is C13H9IN4OS.